The molecule has 24 heavy (non-hydrogen) atoms. The molecule has 0 spiro atoms. The summed E-state index contributed by atoms with van der Waals surface area (Å²) >= 11 is 0. The summed E-state index contributed by atoms with van der Waals surface area (Å²) < 4.78 is 0. The van der Waals surface area contributed by atoms with E-state index in [0.717, 1.165) is 43.6 Å². The highest BCUT2D eigenvalue weighted by molar-refractivity contribution is 5.98. The van der Waals surface area contributed by atoms with E-state index in [9.17, 15) is 14.7 Å². The van der Waals surface area contributed by atoms with Crippen LogP contribution in [-0.4, -0.2) is 34.8 Å². The Morgan fingerprint density at radius 1 is 1.17 bits per heavy atom. The maximum atomic E-state index is 12.5. The summed E-state index contributed by atoms with van der Waals surface area (Å²) in [5.74, 6) is -1.26. The van der Waals surface area contributed by atoms with Crippen LogP contribution in [-0.2, 0) is 4.79 Å². The van der Waals surface area contributed by atoms with Gasteiger partial charge in [-0.2, -0.15) is 5.10 Å². The molecule has 1 amide bonds. The molecule has 2 aliphatic rings. The summed E-state index contributed by atoms with van der Waals surface area (Å²) in [6, 6.07) is 7.16. The normalized spacial score (nSPS) is 19.7. The Morgan fingerprint density at radius 2 is 1.83 bits per heavy atom. The van der Waals surface area contributed by atoms with Gasteiger partial charge in [-0.1, -0.05) is 19.3 Å². The molecule has 0 bridgehead atoms. The quantitative estimate of drug-likeness (QED) is 0.890. The van der Waals surface area contributed by atoms with Crippen LogP contribution in [0.1, 0.15) is 55.8 Å². The number of carbonyl (C=O) groups excluding carboxylic acids is 1. The molecule has 1 aliphatic heterocycles. The Morgan fingerprint density at radius 3 is 2.38 bits per heavy atom. The second kappa shape index (κ2) is 6.63. The number of aliphatic carboxylic acids is 1. The topological polar surface area (TPSA) is 82.0 Å². The first-order valence-electron chi connectivity index (χ1n) is 8.48. The molecule has 1 heterocycles. The molecule has 6 heteroatoms. The van der Waals surface area contributed by atoms with Gasteiger partial charge in [-0.05, 0) is 44.0 Å². The monoisotopic (exact) mass is 329 g/mol. The van der Waals surface area contributed by atoms with Crippen LogP contribution in [0, 0.1) is 0 Å². The van der Waals surface area contributed by atoms with Crippen LogP contribution in [0.5, 0.6) is 0 Å². The van der Waals surface area contributed by atoms with Crippen molar-refractivity contribution in [1.82, 2.24) is 5.32 Å². The van der Waals surface area contributed by atoms with Gasteiger partial charge in [0.2, 0.25) is 0 Å². The molecule has 3 rings (SSSR count). The lowest BCUT2D eigenvalue weighted by atomic mass is 9.81. The maximum absolute atomic E-state index is 12.5. The van der Waals surface area contributed by atoms with Crippen molar-refractivity contribution in [2.75, 3.05) is 11.6 Å². The molecular formula is C18H23N3O3. The molecular weight excluding hydrogens is 306 g/mol. The highest BCUT2D eigenvalue weighted by Gasteiger charge is 2.41. The van der Waals surface area contributed by atoms with Crippen molar-refractivity contribution in [2.45, 2.75) is 51.0 Å². The zero-order valence-corrected chi connectivity index (χ0v) is 13.9. The lowest BCUT2D eigenvalue weighted by Crippen LogP contribution is -2.55. The molecule has 0 unspecified atom stereocenters. The smallest absolute Gasteiger partial charge is 0.329 e. The summed E-state index contributed by atoms with van der Waals surface area (Å²) in [6.07, 6.45) is 4.62. The van der Waals surface area contributed by atoms with E-state index in [1.54, 1.807) is 12.1 Å². The Kier molecular flexibility index (Phi) is 4.55. The van der Waals surface area contributed by atoms with E-state index in [0.29, 0.717) is 18.4 Å². The first-order valence-corrected chi connectivity index (χ1v) is 8.48. The minimum absolute atomic E-state index is 0.327. The second-order valence-electron chi connectivity index (χ2n) is 6.66. The number of amides is 1. The number of hydrogen-bond acceptors (Lipinski definition) is 4. The summed E-state index contributed by atoms with van der Waals surface area (Å²) in [6.45, 7) is 2.84. The van der Waals surface area contributed by atoms with Crippen LogP contribution in [0.4, 0.5) is 5.69 Å². The Labute approximate surface area is 141 Å². The zero-order valence-electron chi connectivity index (χ0n) is 13.9. The number of carboxylic acids is 1. The lowest BCUT2D eigenvalue weighted by molar-refractivity contribution is -0.145. The van der Waals surface area contributed by atoms with Gasteiger partial charge in [-0.3, -0.25) is 9.80 Å². The standard InChI is InChI=1S/C18H23N3O3/c1-13-9-12-21(20-13)15-7-5-14(6-8-15)16(22)19-18(17(23)24)10-3-2-4-11-18/h5-8H,2-4,9-12H2,1H3,(H,19,22)(H,23,24). The van der Waals surface area contributed by atoms with Gasteiger partial charge in [0.15, 0.2) is 0 Å². The number of hydrogen-bond donors (Lipinski definition) is 2. The molecule has 1 aromatic carbocycles. The third-order valence-electron chi connectivity index (χ3n) is 4.87. The molecule has 6 nitrogen and oxygen atoms in total. The predicted octanol–water partition coefficient (Wildman–Crippen LogP) is 2.79. The minimum atomic E-state index is -1.12. The van der Waals surface area contributed by atoms with Crippen molar-refractivity contribution in [3.63, 3.8) is 0 Å². The van der Waals surface area contributed by atoms with Crippen LogP contribution in [0.2, 0.25) is 0 Å². The van der Waals surface area contributed by atoms with Crippen molar-refractivity contribution in [3.05, 3.63) is 29.8 Å². The van der Waals surface area contributed by atoms with Crippen molar-refractivity contribution in [1.29, 1.82) is 0 Å². The van der Waals surface area contributed by atoms with Gasteiger partial charge in [0.05, 0.1) is 5.69 Å². The SMILES string of the molecule is CC1=NN(c2ccc(C(=O)NC3(C(=O)O)CCCCC3)cc2)CC1. The fraction of sp³-hybridized carbons (Fsp3) is 0.500. The number of benzene rings is 1. The number of carbonyl (C=O) groups is 2. The van der Waals surface area contributed by atoms with Gasteiger partial charge < -0.3 is 10.4 Å². The van der Waals surface area contributed by atoms with Crippen molar-refractivity contribution >= 4 is 23.3 Å². The molecule has 1 saturated carbocycles. The zero-order chi connectivity index (χ0) is 17.2. The van der Waals surface area contributed by atoms with E-state index in [1.807, 2.05) is 24.1 Å². The summed E-state index contributed by atoms with van der Waals surface area (Å²) in [5.41, 5.74) is 1.39. The predicted molar refractivity (Wildman–Crippen MR) is 92.4 cm³/mol. The third-order valence-corrected chi connectivity index (χ3v) is 4.87. The molecule has 1 aliphatic carbocycles. The Hall–Kier alpha value is -2.37. The average molecular weight is 329 g/mol. The number of carboxylic acid groups (broad SMARTS) is 1. The van der Waals surface area contributed by atoms with Gasteiger partial charge in [0.25, 0.3) is 5.91 Å². The largest absolute Gasteiger partial charge is 0.480 e. The average Bonchev–Trinajstić information content (AvgIpc) is 3.02. The Balaban J connectivity index is 1.71. The molecule has 0 atom stereocenters. The summed E-state index contributed by atoms with van der Waals surface area (Å²) in [7, 11) is 0. The fourth-order valence-corrected chi connectivity index (χ4v) is 3.38. The first kappa shape index (κ1) is 16.5. The highest BCUT2D eigenvalue weighted by Crippen LogP contribution is 2.29. The highest BCUT2D eigenvalue weighted by atomic mass is 16.4. The molecule has 0 radical (unpaired) electrons. The number of hydrazone groups is 1. The number of anilines is 1. The van der Waals surface area contributed by atoms with Crippen LogP contribution >= 0.6 is 0 Å². The fourth-order valence-electron chi connectivity index (χ4n) is 3.38. The van der Waals surface area contributed by atoms with Crippen LogP contribution in [0.3, 0.4) is 0 Å². The molecule has 2 N–H and O–H groups in total. The number of nitrogens with zero attached hydrogens (tertiary/aromatic N) is 2. The van der Waals surface area contributed by atoms with Gasteiger partial charge in [0.1, 0.15) is 5.54 Å². The van der Waals surface area contributed by atoms with E-state index in [4.69, 9.17) is 0 Å². The van der Waals surface area contributed by atoms with Crippen LogP contribution < -0.4 is 10.3 Å². The number of nitrogens with one attached hydrogen (secondary N) is 1. The third kappa shape index (κ3) is 3.27. The van der Waals surface area contributed by atoms with Crippen LogP contribution in [0.25, 0.3) is 0 Å². The summed E-state index contributed by atoms with van der Waals surface area (Å²) in [5, 5.41) is 18.7. The Bertz CT molecular complexity index is 661. The molecule has 0 aromatic heterocycles. The molecule has 1 aromatic rings. The van der Waals surface area contributed by atoms with Crippen LogP contribution in [0.15, 0.2) is 29.4 Å². The molecule has 1 fully saturated rings. The van der Waals surface area contributed by atoms with Crippen molar-refractivity contribution < 1.29 is 14.7 Å². The minimum Gasteiger partial charge on any atom is -0.480 e. The molecule has 0 saturated heterocycles. The van der Waals surface area contributed by atoms with Gasteiger partial charge in [-0.25, -0.2) is 4.79 Å². The van der Waals surface area contributed by atoms with E-state index >= 15 is 0 Å². The van der Waals surface area contributed by atoms with Crippen molar-refractivity contribution in [3.8, 4) is 0 Å². The first-order chi connectivity index (χ1) is 11.5. The summed E-state index contributed by atoms with van der Waals surface area (Å²) in [4.78, 5) is 24.2. The van der Waals surface area contributed by atoms with E-state index < -0.39 is 11.5 Å². The number of rotatable bonds is 4. The van der Waals surface area contributed by atoms with Crippen molar-refractivity contribution in [2.24, 2.45) is 5.10 Å². The maximum Gasteiger partial charge on any atom is 0.329 e. The van der Waals surface area contributed by atoms with Gasteiger partial charge in [0, 0.05) is 24.2 Å². The van der Waals surface area contributed by atoms with E-state index in [-0.39, 0.29) is 5.91 Å². The van der Waals surface area contributed by atoms with E-state index in [2.05, 4.69) is 10.4 Å². The second-order valence-corrected chi connectivity index (χ2v) is 6.66. The van der Waals surface area contributed by atoms with Gasteiger partial charge >= 0.3 is 5.97 Å². The molecule has 128 valence electrons. The van der Waals surface area contributed by atoms with Gasteiger partial charge in [-0.15, -0.1) is 0 Å². The van der Waals surface area contributed by atoms with E-state index in [1.165, 1.54) is 0 Å². The lowest BCUT2D eigenvalue weighted by Gasteiger charge is -2.34.